The largest absolute Gasteiger partial charge is 0.355 e. The zero-order chi connectivity index (χ0) is 20.4. The minimum Gasteiger partial charge on any atom is -0.355 e. The van der Waals surface area contributed by atoms with E-state index in [1.165, 1.54) is 11.1 Å². The van der Waals surface area contributed by atoms with Crippen LogP contribution in [0.1, 0.15) is 50.7 Å². The second kappa shape index (κ2) is 11.3. The van der Waals surface area contributed by atoms with Crippen molar-refractivity contribution in [2.75, 3.05) is 24.7 Å². The number of anilines is 1. The van der Waals surface area contributed by atoms with Crippen molar-refractivity contribution in [3.05, 3.63) is 52.7 Å². The van der Waals surface area contributed by atoms with E-state index in [1.54, 1.807) is 0 Å². The fourth-order valence-electron chi connectivity index (χ4n) is 3.03. The summed E-state index contributed by atoms with van der Waals surface area (Å²) in [6, 6.07) is 6.29. The van der Waals surface area contributed by atoms with Gasteiger partial charge in [-0.15, -0.1) is 0 Å². The Balaban J connectivity index is 2.02. The van der Waals surface area contributed by atoms with Crippen molar-refractivity contribution >= 4 is 13.3 Å². The van der Waals surface area contributed by atoms with Crippen LogP contribution >= 0.6 is 7.60 Å². The molecule has 0 aromatic heterocycles. The van der Waals surface area contributed by atoms with Crippen molar-refractivity contribution in [3.63, 3.8) is 0 Å². The van der Waals surface area contributed by atoms with E-state index in [0.717, 1.165) is 29.8 Å². The first-order valence-corrected chi connectivity index (χ1v) is 11.8. The predicted octanol–water partition coefficient (Wildman–Crippen LogP) is 6.37. The molecule has 28 heavy (non-hydrogen) atoms. The summed E-state index contributed by atoms with van der Waals surface area (Å²) in [4.78, 5) is 0. The van der Waals surface area contributed by atoms with Crippen LogP contribution in [0.15, 0.2) is 41.6 Å². The first-order chi connectivity index (χ1) is 13.5. The summed E-state index contributed by atoms with van der Waals surface area (Å²) >= 11 is 0. The Labute approximate surface area is 169 Å². The molecule has 2 rings (SSSR count). The highest BCUT2D eigenvalue weighted by atomic mass is 31.2. The van der Waals surface area contributed by atoms with Gasteiger partial charge in [-0.25, -0.2) is 0 Å². The number of hydrogen-bond acceptors (Lipinski definition) is 4. The lowest BCUT2D eigenvalue weighted by Crippen LogP contribution is -2.05. The summed E-state index contributed by atoms with van der Waals surface area (Å²) in [5.74, 6) is 6.56. The van der Waals surface area contributed by atoms with E-state index in [1.807, 2.05) is 13.8 Å². The summed E-state index contributed by atoms with van der Waals surface area (Å²) in [6.07, 6.45) is 8.03. The molecule has 1 aliphatic carbocycles. The average molecular weight is 401 g/mol. The van der Waals surface area contributed by atoms with E-state index in [9.17, 15) is 4.57 Å². The zero-order valence-corrected chi connectivity index (χ0v) is 18.4. The standard InChI is InChI=1S/C23H32NO3P/c1-5-26-28(25,27-6-2)18-11-7-8-14-21-15-9-10-16-23(21)24-22-17-12-13-19(3)20(22)4/h10,12-13,16-17,24H,5-7,9,11,15,18H2,1-4H3. The summed E-state index contributed by atoms with van der Waals surface area (Å²) in [5.41, 5.74) is 5.84. The summed E-state index contributed by atoms with van der Waals surface area (Å²) in [5, 5.41) is 3.54. The van der Waals surface area contributed by atoms with Crippen molar-refractivity contribution in [1.29, 1.82) is 0 Å². The van der Waals surface area contributed by atoms with Crippen LogP contribution < -0.4 is 5.32 Å². The van der Waals surface area contributed by atoms with E-state index in [2.05, 4.69) is 61.4 Å². The van der Waals surface area contributed by atoms with Gasteiger partial charge in [0, 0.05) is 23.4 Å². The third-order valence-corrected chi connectivity index (χ3v) is 6.84. The van der Waals surface area contributed by atoms with Crippen LogP contribution in [0.3, 0.4) is 0 Å². The Morgan fingerprint density at radius 2 is 1.93 bits per heavy atom. The van der Waals surface area contributed by atoms with Crippen LogP contribution in [-0.2, 0) is 13.6 Å². The molecule has 0 aliphatic heterocycles. The van der Waals surface area contributed by atoms with Crippen LogP contribution in [0.5, 0.6) is 0 Å². The second-order valence-corrected chi connectivity index (χ2v) is 8.97. The van der Waals surface area contributed by atoms with Crippen LogP contribution in [0.25, 0.3) is 0 Å². The van der Waals surface area contributed by atoms with Gasteiger partial charge in [-0.2, -0.15) is 0 Å². The molecule has 1 N–H and O–H groups in total. The molecule has 5 heteroatoms. The number of rotatable bonds is 9. The predicted molar refractivity (Wildman–Crippen MR) is 118 cm³/mol. The van der Waals surface area contributed by atoms with E-state index >= 15 is 0 Å². The fourth-order valence-corrected chi connectivity index (χ4v) is 4.70. The van der Waals surface area contributed by atoms with Crippen molar-refractivity contribution in [2.45, 2.75) is 53.4 Å². The summed E-state index contributed by atoms with van der Waals surface area (Å²) in [7, 11) is -2.96. The second-order valence-electron chi connectivity index (χ2n) is 6.78. The van der Waals surface area contributed by atoms with Gasteiger partial charge in [0.25, 0.3) is 0 Å². The maximum atomic E-state index is 12.5. The molecule has 1 aromatic carbocycles. The quantitative estimate of drug-likeness (QED) is 0.297. The Bertz CT molecular complexity index is 820. The van der Waals surface area contributed by atoms with Gasteiger partial charge in [-0.3, -0.25) is 4.57 Å². The minimum atomic E-state index is -2.96. The molecule has 0 atom stereocenters. The van der Waals surface area contributed by atoms with Gasteiger partial charge in [0.1, 0.15) is 0 Å². The number of hydrogen-bond donors (Lipinski definition) is 1. The summed E-state index contributed by atoms with van der Waals surface area (Å²) < 4.78 is 23.1. The molecule has 0 radical (unpaired) electrons. The van der Waals surface area contributed by atoms with Crippen LogP contribution in [0, 0.1) is 25.7 Å². The third-order valence-electron chi connectivity index (χ3n) is 4.67. The van der Waals surface area contributed by atoms with Crippen molar-refractivity contribution < 1.29 is 13.6 Å². The molecule has 0 bridgehead atoms. The smallest absolute Gasteiger partial charge is 0.330 e. The maximum absolute atomic E-state index is 12.5. The van der Waals surface area contributed by atoms with Crippen LogP contribution in [0.2, 0.25) is 0 Å². The Kier molecular flexibility index (Phi) is 9.06. The van der Waals surface area contributed by atoms with Crippen LogP contribution in [-0.4, -0.2) is 19.4 Å². The molecule has 4 nitrogen and oxygen atoms in total. The molecule has 1 aliphatic rings. The van der Waals surface area contributed by atoms with Crippen molar-refractivity contribution in [1.82, 2.24) is 0 Å². The van der Waals surface area contributed by atoms with E-state index in [0.29, 0.717) is 32.2 Å². The highest BCUT2D eigenvalue weighted by Crippen LogP contribution is 2.48. The molecular formula is C23H32NO3P. The third kappa shape index (κ3) is 6.67. The molecule has 0 unspecified atom stereocenters. The maximum Gasteiger partial charge on any atom is 0.330 e. The number of unbranched alkanes of at least 4 members (excludes halogenated alkanes) is 1. The first kappa shape index (κ1) is 22.5. The Morgan fingerprint density at radius 3 is 2.64 bits per heavy atom. The first-order valence-electron chi connectivity index (χ1n) is 10.1. The minimum absolute atomic E-state index is 0.398. The average Bonchev–Trinajstić information content (AvgIpc) is 2.67. The molecule has 0 fully saturated rings. The zero-order valence-electron chi connectivity index (χ0n) is 17.5. The number of allylic oxidation sites excluding steroid dienone is 3. The normalized spacial score (nSPS) is 14.0. The van der Waals surface area contributed by atoms with Gasteiger partial charge in [0.15, 0.2) is 0 Å². The highest BCUT2D eigenvalue weighted by molar-refractivity contribution is 7.53. The van der Waals surface area contributed by atoms with E-state index < -0.39 is 7.60 Å². The van der Waals surface area contributed by atoms with Crippen LogP contribution in [0.4, 0.5) is 5.69 Å². The SMILES string of the molecule is CCOP(=O)(CCCC#CC1=C(Nc2cccc(C)c2C)C=CCC1)OCC. The van der Waals surface area contributed by atoms with E-state index in [-0.39, 0.29) is 0 Å². The van der Waals surface area contributed by atoms with E-state index in [4.69, 9.17) is 9.05 Å². The molecule has 0 amide bonds. The molecule has 1 aromatic rings. The lowest BCUT2D eigenvalue weighted by molar-refractivity contribution is 0.220. The molecule has 0 saturated heterocycles. The van der Waals surface area contributed by atoms with Gasteiger partial charge < -0.3 is 14.4 Å². The summed E-state index contributed by atoms with van der Waals surface area (Å²) in [6.45, 7) is 8.71. The number of benzene rings is 1. The van der Waals surface area contributed by atoms with Gasteiger partial charge in [0.05, 0.1) is 19.4 Å². The monoisotopic (exact) mass is 401 g/mol. The number of aryl methyl sites for hydroxylation is 1. The molecule has 0 saturated carbocycles. The topological polar surface area (TPSA) is 47.6 Å². The fraction of sp³-hybridized carbons (Fsp3) is 0.478. The molecule has 0 spiro atoms. The van der Waals surface area contributed by atoms with Gasteiger partial charge in [-0.05, 0) is 70.2 Å². The van der Waals surface area contributed by atoms with Crippen molar-refractivity contribution in [3.8, 4) is 11.8 Å². The molecule has 152 valence electrons. The number of nitrogens with one attached hydrogen (secondary N) is 1. The van der Waals surface area contributed by atoms with Crippen molar-refractivity contribution in [2.24, 2.45) is 0 Å². The highest BCUT2D eigenvalue weighted by Gasteiger charge is 2.22. The van der Waals surface area contributed by atoms with Gasteiger partial charge in [0.2, 0.25) is 0 Å². The Hall–Kier alpha value is -1.79. The van der Waals surface area contributed by atoms with Gasteiger partial charge in [-0.1, -0.05) is 30.0 Å². The molecular weight excluding hydrogens is 369 g/mol. The Morgan fingerprint density at radius 1 is 1.18 bits per heavy atom. The lowest BCUT2D eigenvalue weighted by Gasteiger charge is -2.17. The van der Waals surface area contributed by atoms with Gasteiger partial charge >= 0.3 is 7.60 Å². The molecule has 0 heterocycles. The lowest BCUT2D eigenvalue weighted by atomic mass is 10.0.